The number of benzene rings is 2. The first-order valence-electron chi connectivity index (χ1n) is 7.02. The fourth-order valence-corrected chi connectivity index (χ4v) is 2.09. The molecule has 0 atom stereocenters. The number of nitrogens with two attached hydrogens (primary N) is 1. The van der Waals surface area contributed by atoms with E-state index in [1.807, 2.05) is 24.3 Å². The number of aryl methyl sites for hydroxylation is 1. The number of hydrogen-bond donors (Lipinski definition) is 2. The van der Waals surface area contributed by atoms with Crippen LogP contribution in [0.5, 0.6) is 0 Å². The average Bonchev–Trinajstić information content (AvgIpc) is 2.55. The molecule has 0 saturated carbocycles. The van der Waals surface area contributed by atoms with E-state index >= 15 is 0 Å². The van der Waals surface area contributed by atoms with Crippen LogP contribution in [0, 0.1) is 0 Å². The van der Waals surface area contributed by atoms with Gasteiger partial charge in [0.15, 0.2) is 0 Å². The Labute approximate surface area is 135 Å². The van der Waals surface area contributed by atoms with Crippen LogP contribution in [0.4, 0.5) is 11.4 Å². The third-order valence-corrected chi connectivity index (χ3v) is 3.46. The normalized spacial score (nSPS) is 11.3. The molecule has 0 aliphatic rings. The number of nitrogens with zero attached hydrogens (tertiary/aromatic N) is 1. The molecule has 5 heteroatoms. The van der Waals surface area contributed by atoms with Crippen molar-refractivity contribution in [2.24, 2.45) is 10.7 Å². The number of carbonyl (C=O) groups excluding carboxylic acids is 1. The second-order valence-electron chi connectivity index (χ2n) is 4.75. The van der Waals surface area contributed by atoms with Gasteiger partial charge in [-0.05, 0) is 42.3 Å². The van der Waals surface area contributed by atoms with Crippen molar-refractivity contribution in [1.82, 2.24) is 0 Å². The second kappa shape index (κ2) is 7.61. The number of halogens is 1. The molecule has 2 aromatic rings. The summed E-state index contributed by atoms with van der Waals surface area (Å²) in [7, 11) is 0. The van der Waals surface area contributed by atoms with Crippen LogP contribution < -0.4 is 11.1 Å². The topological polar surface area (TPSA) is 67.5 Å². The highest BCUT2D eigenvalue weighted by molar-refractivity contribution is 6.28. The van der Waals surface area contributed by atoms with Gasteiger partial charge in [-0.1, -0.05) is 25.1 Å². The van der Waals surface area contributed by atoms with E-state index in [2.05, 4.69) is 17.2 Å². The number of amides is 1. The van der Waals surface area contributed by atoms with Gasteiger partial charge in [0.25, 0.3) is 5.91 Å². The summed E-state index contributed by atoms with van der Waals surface area (Å²) in [6, 6.07) is 14.7. The average molecular weight is 316 g/mol. The number of anilines is 1. The number of amidine groups is 1. The lowest BCUT2D eigenvalue weighted by atomic mass is 10.1. The summed E-state index contributed by atoms with van der Waals surface area (Å²) in [4.78, 5) is 16.4. The van der Waals surface area contributed by atoms with Crippen LogP contribution in [-0.4, -0.2) is 17.6 Å². The SMILES string of the molecule is CCc1ccccc1NC(=O)c1ccc(N=C(N)CCl)cc1. The Morgan fingerprint density at radius 2 is 1.86 bits per heavy atom. The molecule has 0 saturated heterocycles. The van der Waals surface area contributed by atoms with Crippen molar-refractivity contribution in [3.8, 4) is 0 Å². The summed E-state index contributed by atoms with van der Waals surface area (Å²) < 4.78 is 0. The number of nitrogens with one attached hydrogen (secondary N) is 1. The molecule has 0 unspecified atom stereocenters. The number of hydrogen-bond acceptors (Lipinski definition) is 2. The van der Waals surface area contributed by atoms with Gasteiger partial charge in [0.2, 0.25) is 0 Å². The fourth-order valence-electron chi connectivity index (χ4n) is 2.03. The Morgan fingerprint density at radius 1 is 1.18 bits per heavy atom. The van der Waals surface area contributed by atoms with Crippen molar-refractivity contribution < 1.29 is 4.79 Å². The number of alkyl halides is 1. The number of rotatable bonds is 5. The highest BCUT2D eigenvalue weighted by Gasteiger charge is 2.08. The van der Waals surface area contributed by atoms with E-state index in [0.29, 0.717) is 17.1 Å². The molecule has 114 valence electrons. The minimum absolute atomic E-state index is 0.151. The molecule has 2 aromatic carbocycles. The molecule has 0 bridgehead atoms. The summed E-state index contributed by atoms with van der Waals surface area (Å²) in [5, 5.41) is 2.93. The Kier molecular flexibility index (Phi) is 5.55. The number of aliphatic imine (C=N–C) groups is 1. The highest BCUT2D eigenvalue weighted by atomic mass is 35.5. The van der Waals surface area contributed by atoms with Crippen molar-refractivity contribution in [2.45, 2.75) is 13.3 Å². The molecule has 4 nitrogen and oxygen atoms in total. The maximum atomic E-state index is 12.3. The van der Waals surface area contributed by atoms with Crippen molar-refractivity contribution >= 4 is 34.7 Å². The van der Waals surface area contributed by atoms with Crippen LogP contribution >= 0.6 is 11.6 Å². The fraction of sp³-hybridized carbons (Fsp3) is 0.176. The summed E-state index contributed by atoms with van der Waals surface area (Å²) in [5.74, 6) is 0.369. The predicted molar refractivity (Wildman–Crippen MR) is 92.2 cm³/mol. The zero-order valence-electron chi connectivity index (χ0n) is 12.3. The van der Waals surface area contributed by atoms with Gasteiger partial charge >= 0.3 is 0 Å². The van der Waals surface area contributed by atoms with Crippen LogP contribution in [-0.2, 0) is 6.42 Å². The lowest BCUT2D eigenvalue weighted by molar-refractivity contribution is 0.102. The van der Waals surface area contributed by atoms with Gasteiger partial charge in [0.1, 0.15) is 5.84 Å². The largest absolute Gasteiger partial charge is 0.386 e. The van der Waals surface area contributed by atoms with Crippen LogP contribution in [0.1, 0.15) is 22.8 Å². The van der Waals surface area contributed by atoms with Gasteiger partial charge in [0, 0.05) is 11.3 Å². The lowest BCUT2D eigenvalue weighted by Gasteiger charge is -2.09. The Morgan fingerprint density at radius 3 is 2.50 bits per heavy atom. The molecule has 0 aromatic heterocycles. The van der Waals surface area contributed by atoms with Crippen molar-refractivity contribution in [3.05, 3.63) is 59.7 Å². The number of carbonyl (C=O) groups is 1. The first kappa shape index (κ1) is 16.0. The Hall–Kier alpha value is -2.33. The lowest BCUT2D eigenvalue weighted by Crippen LogP contribution is -2.13. The van der Waals surface area contributed by atoms with E-state index < -0.39 is 0 Å². The monoisotopic (exact) mass is 315 g/mol. The van der Waals surface area contributed by atoms with Crippen molar-refractivity contribution in [2.75, 3.05) is 11.2 Å². The maximum absolute atomic E-state index is 12.3. The third kappa shape index (κ3) is 4.09. The van der Waals surface area contributed by atoms with Crippen LogP contribution in [0.15, 0.2) is 53.5 Å². The first-order chi connectivity index (χ1) is 10.6. The van der Waals surface area contributed by atoms with Crippen LogP contribution in [0.2, 0.25) is 0 Å². The summed E-state index contributed by atoms with van der Waals surface area (Å²) in [5.41, 5.74) is 8.75. The van der Waals surface area contributed by atoms with Gasteiger partial charge in [-0.2, -0.15) is 0 Å². The second-order valence-corrected chi connectivity index (χ2v) is 5.02. The quantitative estimate of drug-likeness (QED) is 0.501. The number of para-hydroxylation sites is 1. The first-order valence-corrected chi connectivity index (χ1v) is 7.55. The van der Waals surface area contributed by atoms with Gasteiger partial charge in [0.05, 0.1) is 11.6 Å². The molecule has 22 heavy (non-hydrogen) atoms. The predicted octanol–water partition coefficient (Wildman–Crippen LogP) is 3.73. The molecule has 0 spiro atoms. The molecule has 2 rings (SSSR count). The molecule has 3 N–H and O–H groups in total. The highest BCUT2D eigenvalue weighted by Crippen LogP contribution is 2.18. The van der Waals surface area contributed by atoms with Gasteiger partial charge < -0.3 is 11.1 Å². The van der Waals surface area contributed by atoms with Crippen LogP contribution in [0.25, 0.3) is 0 Å². The van der Waals surface area contributed by atoms with E-state index in [9.17, 15) is 4.79 Å². The van der Waals surface area contributed by atoms with E-state index in [4.69, 9.17) is 17.3 Å². The minimum Gasteiger partial charge on any atom is -0.386 e. The zero-order valence-corrected chi connectivity index (χ0v) is 13.1. The molecular weight excluding hydrogens is 298 g/mol. The Bertz CT molecular complexity index is 681. The summed E-state index contributed by atoms with van der Waals surface area (Å²) in [6.07, 6.45) is 0.863. The van der Waals surface area contributed by atoms with E-state index in [1.165, 1.54) is 0 Å². The van der Waals surface area contributed by atoms with Crippen molar-refractivity contribution in [3.63, 3.8) is 0 Å². The minimum atomic E-state index is -0.151. The summed E-state index contributed by atoms with van der Waals surface area (Å²) >= 11 is 5.58. The smallest absolute Gasteiger partial charge is 0.255 e. The standard InChI is InChI=1S/C17H18ClN3O/c1-2-12-5-3-4-6-15(12)21-17(22)13-7-9-14(10-8-13)20-16(19)11-18/h3-10H,2,11H2,1H3,(H2,19,20)(H,21,22). The Balaban J connectivity index is 2.13. The van der Waals surface area contributed by atoms with Gasteiger partial charge in [-0.3, -0.25) is 4.79 Å². The molecule has 0 aliphatic heterocycles. The molecule has 0 fully saturated rings. The molecule has 0 aliphatic carbocycles. The molecule has 0 radical (unpaired) electrons. The summed E-state index contributed by atoms with van der Waals surface area (Å²) in [6.45, 7) is 2.05. The van der Waals surface area contributed by atoms with E-state index in [1.54, 1.807) is 24.3 Å². The van der Waals surface area contributed by atoms with Crippen LogP contribution in [0.3, 0.4) is 0 Å². The van der Waals surface area contributed by atoms with E-state index in [0.717, 1.165) is 17.7 Å². The van der Waals surface area contributed by atoms with Crippen molar-refractivity contribution in [1.29, 1.82) is 0 Å². The third-order valence-electron chi connectivity index (χ3n) is 3.19. The molecule has 0 heterocycles. The molecule has 1 amide bonds. The zero-order chi connectivity index (χ0) is 15.9. The van der Waals surface area contributed by atoms with E-state index in [-0.39, 0.29) is 11.8 Å². The molecular formula is C17H18ClN3O. The van der Waals surface area contributed by atoms with Gasteiger partial charge in [-0.15, -0.1) is 11.6 Å². The maximum Gasteiger partial charge on any atom is 0.255 e. The van der Waals surface area contributed by atoms with Gasteiger partial charge in [-0.25, -0.2) is 4.99 Å².